The Morgan fingerprint density at radius 2 is 2.10 bits per heavy atom. The molecule has 0 saturated carbocycles. The van der Waals surface area contributed by atoms with Crippen LogP contribution in [0.3, 0.4) is 0 Å². The number of halogens is 1. The smallest absolute Gasteiger partial charge is 0.246 e. The number of nitrogens with one attached hydrogen (secondary N) is 3. The molecule has 0 bridgehead atoms. The number of para-hydroxylation sites is 1. The van der Waals surface area contributed by atoms with E-state index in [0.29, 0.717) is 10.8 Å². The van der Waals surface area contributed by atoms with Crippen LogP contribution in [0.2, 0.25) is 5.02 Å². The molecule has 3 N–H and O–H groups in total. The first-order valence-electron chi connectivity index (χ1n) is 9.51. The monoisotopic (exact) mass is 425 g/mol. The number of fused-ring (bicyclic) bond motifs is 1. The lowest BCUT2D eigenvalue weighted by atomic mass is 10.1. The molecule has 0 radical (unpaired) electrons. The molecule has 1 aromatic carbocycles. The molecule has 2 amide bonds. The maximum absolute atomic E-state index is 12.7. The van der Waals surface area contributed by atoms with Crippen molar-refractivity contribution in [2.75, 3.05) is 26.0 Å². The Bertz CT molecular complexity index is 1070. The van der Waals surface area contributed by atoms with Gasteiger partial charge in [0.15, 0.2) is 0 Å². The summed E-state index contributed by atoms with van der Waals surface area (Å²) in [5.41, 5.74) is 2.66. The summed E-state index contributed by atoms with van der Waals surface area (Å²) in [4.78, 5) is 33.0. The number of carbonyl (C=O) groups is 2. The second-order valence-corrected chi connectivity index (χ2v) is 7.28. The summed E-state index contributed by atoms with van der Waals surface area (Å²) in [6, 6.07) is 9.17. The maximum atomic E-state index is 12.7. The molecule has 1 atom stereocenters. The zero-order valence-electron chi connectivity index (χ0n) is 17.1. The minimum absolute atomic E-state index is 0.124. The SMILES string of the molecule is CNC(=O)CNc1ccc(C=CC(=O)N(C)C(C)c2c[nH]c3c(Cl)cccc23)cn1. The number of amides is 2. The Morgan fingerprint density at radius 1 is 1.30 bits per heavy atom. The van der Waals surface area contributed by atoms with Crippen molar-refractivity contribution in [1.82, 2.24) is 20.2 Å². The first-order valence-corrected chi connectivity index (χ1v) is 9.89. The standard InChI is InChI=1S/C22H24ClN5O2/c1-14(17-12-27-22-16(17)5-4-6-18(22)23)28(3)21(30)10-8-15-7-9-19(25-11-15)26-13-20(29)24-2/h4-12,14,27H,13H2,1-3H3,(H,24,29)(H,25,26). The highest BCUT2D eigenvalue weighted by molar-refractivity contribution is 6.35. The number of rotatable bonds is 7. The van der Waals surface area contributed by atoms with Gasteiger partial charge in [0.25, 0.3) is 0 Å². The molecule has 156 valence electrons. The van der Waals surface area contributed by atoms with E-state index in [9.17, 15) is 9.59 Å². The molecule has 7 nitrogen and oxygen atoms in total. The van der Waals surface area contributed by atoms with Crippen molar-refractivity contribution in [2.45, 2.75) is 13.0 Å². The van der Waals surface area contributed by atoms with Crippen LogP contribution in [0, 0.1) is 0 Å². The van der Waals surface area contributed by atoms with Gasteiger partial charge in [0, 0.05) is 38.0 Å². The van der Waals surface area contributed by atoms with E-state index >= 15 is 0 Å². The molecule has 30 heavy (non-hydrogen) atoms. The van der Waals surface area contributed by atoms with Crippen LogP contribution in [0.5, 0.6) is 0 Å². The molecule has 0 spiro atoms. The van der Waals surface area contributed by atoms with Crippen LogP contribution in [0.4, 0.5) is 5.82 Å². The van der Waals surface area contributed by atoms with Crippen LogP contribution in [-0.2, 0) is 9.59 Å². The molecule has 0 aliphatic carbocycles. The quantitative estimate of drug-likeness (QED) is 0.504. The summed E-state index contributed by atoms with van der Waals surface area (Å²) in [6.07, 6.45) is 6.77. The Morgan fingerprint density at radius 3 is 2.80 bits per heavy atom. The molecule has 0 aliphatic rings. The van der Waals surface area contributed by atoms with E-state index in [1.165, 1.54) is 6.08 Å². The minimum atomic E-state index is -0.135. The van der Waals surface area contributed by atoms with Gasteiger partial charge in [-0.2, -0.15) is 0 Å². The van der Waals surface area contributed by atoms with Crippen molar-refractivity contribution >= 4 is 46.2 Å². The van der Waals surface area contributed by atoms with Crippen LogP contribution in [0.1, 0.15) is 24.1 Å². The molecule has 1 unspecified atom stereocenters. The van der Waals surface area contributed by atoms with E-state index in [0.717, 1.165) is 22.0 Å². The highest BCUT2D eigenvalue weighted by atomic mass is 35.5. The lowest BCUT2D eigenvalue weighted by molar-refractivity contribution is -0.126. The molecular weight excluding hydrogens is 402 g/mol. The second kappa shape index (κ2) is 9.45. The van der Waals surface area contributed by atoms with Gasteiger partial charge in [0.05, 0.1) is 23.1 Å². The summed E-state index contributed by atoms with van der Waals surface area (Å²) in [7, 11) is 3.35. The van der Waals surface area contributed by atoms with E-state index in [-0.39, 0.29) is 24.4 Å². The third kappa shape index (κ3) is 4.80. The number of hydrogen-bond donors (Lipinski definition) is 3. The number of nitrogens with zero attached hydrogens (tertiary/aromatic N) is 2. The fourth-order valence-electron chi connectivity index (χ4n) is 3.04. The van der Waals surface area contributed by atoms with Crippen LogP contribution in [0.25, 0.3) is 17.0 Å². The van der Waals surface area contributed by atoms with Gasteiger partial charge in [-0.1, -0.05) is 23.7 Å². The summed E-state index contributed by atoms with van der Waals surface area (Å²) < 4.78 is 0. The molecule has 2 heterocycles. The molecule has 3 aromatic rings. The molecule has 0 saturated heterocycles. The zero-order valence-corrected chi connectivity index (χ0v) is 17.8. The predicted molar refractivity (Wildman–Crippen MR) is 120 cm³/mol. The number of likely N-dealkylation sites (N-methyl/N-ethyl adjacent to an activating group) is 2. The van der Waals surface area contributed by atoms with Crippen LogP contribution in [-0.4, -0.2) is 47.3 Å². The average Bonchev–Trinajstić information content (AvgIpc) is 3.21. The van der Waals surface area contributed by atoms with Crippen molar-refractivity contribution in [3.05, 3.63) is 65.0 Å². The van der Waals surface area contributed by atoms with Gasteiger partial charge in [0.1, 0.15) is 5.82 Å². The van der Waals surface area contributed by atoms with Gasteiger partial charge in [-0.3, -0.25) is 9.59 Å². The first kappa shape index (κ1) is 21.4. The maximum Gasteiger partial charge on any atom is 0.246 e. The van der Waals surface area contributed by atoms with Crippen molar-refractivity contribution in [3.63, 3.8) is 0 Å². The van der Waals surface area contributed by atoms with E-state index in [1.54, 1.807) is 37.3 Å². The van der Waals surface area contributed by atoms with Crippen LogP contribution in [0.15, 0.2) is 48.8 Å². The van der Waals surface area contributed by atoms with Crippen LogP contribution < -0.4 is 10.6 Å². The Hall–Kier alpha value is -3.32. The summed E-state index contributed by atoms with van der Waals surface area (Å²) in [5, 5.41) is 7.11. The highest BCUT2D eigenvalue weighted by Crippen LogP contribution is 2.31. The highest BCUT2D eigenvalue weighted by Gasteiger charge is 2.19. The number of aromatic nitrogens is 2. The fraction of sp³-hybridized carbons (Fsp3) is 0.227. The molecular formula is C22H24ClN5O2. The van der Waals surface area contributed by atoms with Gasteiger partial charge in [0.2, 0.25) is 11.8 Å². The molecule has 0 fully saturated rings. The average molecular weight is 426 g/mol. The minimum Gasteiger partial charge on any atom is -0.361 e. The van der Waals surface area contributed by atoms with Crippen molar-refractivity contribution in [3.8, 4) is 0 Å². The van der Waals surface area contributed by atoms with E-state index in [2.05, 4.69) is 20.6 Å². The molecule has 0 aliphatic heterocycles. The molecule has 8 heteroatoms. The summed E-state index contributed by atoms with van der Waals surface area (Å²) in [6.45, 7) is 2.13. The van der Waals surface area contributed by atoms with E-state index in [1.807, 2.05) is 37.4 Å². The van der Waals surface area contributed by atoms with E-state index < -0.39 is 0 Å². The number of aromatic amines is 1. The molecule has 3 rings (SSSR count). The Kier molecular flexibility index (Phi) is 6.74. The second-order valence-electron chi connectivity index (χ2n) is 6.87. The lowest BCUT2D eigenvalue weighted by Gasteiger charge is -2.23. The van der Waals surface area contributed by atoms with E-state index in [4.69, 9.17) is 11.6 Å². The van der Waals surface area contributed by atoms with Gasteiger partial charge in [-0.05, 0) is 42.3 Å². The van der Waals surface area contributed by atoms with Crippen LogP contribution >= 0.6 is 11.6 Å². The first-order chi connectivity index (χ1) is 14.4. The number of H-pyrrole nitrogens is 1. The number of pyridine rings is 1. The largest absolute Gasteiger partial charge is 0.361 e. The topological polar surface area (TPSA) is 90.1 Å². The van der Waals surface area contributed by atoms with Gasteiger partial charge < -0.3 is 20.5 Å². The van der Waals surface area contributed by atoms with Crippen molar-refractivity contribution in [2.24, 2.45) is 0 Å². The van der Waals surface area contributed by atoms with Crippen molar-refractivity contribution in [1.29, 1.82) is 0 Å². The normalized spacial score (nSPS) is 12.1. The number of anilines is 1. The predicted octanol–water partition coefficient (Wildman–Crippen LogP) is 3.61. The van der Waals surface area contributed by atoms with Gasteiger partial charge in [-0.15, -0.1) is 0 Å². The number of carbonyl (C=O) groups excluding carboxylic acids is 2. The van der Waals surface area contributed by atoms with Crippen molar-refractivity contribution < 1.29 is 9.59 Å². The summed E-state index contributed by atoms with van der Waals surface area (Å²) >= 11 is 6.24. The molecule has 2 aromatic heterocycles. The third-order valence-electron chi connectivity index (χ3n) is 4.99. The fourth-order valence-corrected chi connectivity index (χ4v) is 3.27. The zero-order chi connectivity index (χ0) is 21.7. The number of hydrogen-bond acceptors (Lipinski definition) is 4. The third-order valence-corrected chi connectivity index (χ3v) is 5.30. The lowest BCUT2D eigenvalue weighted by Crippen LogP contribution is -2.27. The van der Waals surface area contributed by atoms with Gasteiger partial charge >= 0.3 is 0 Å². The Balaban J connectivity index is 1.65. The summed E-state index contributed by atoms with van der Waals surface area (Å²) in [5.74, 6) is 0.340. The van der Waals surface area contributed by atoms with Gasteiger partial charge in [-0.25, -0.2) is 4.98 Å². The Labute approximate surface area is 180 Å². The number of benzene rings is 1.